The third-order valence-electron chi connectivity index (χ3n) is 3.20. The highest BCUT2D eigenvalue weighted by atomic mass is 32.2. The molecule has 2 rings (SSSR count). The molecule has 2 N–H and O–H groups in total. The highest BCUT2D eigenvalue weighted by Crippen LogP contribution is 2.33. The van der Waals surface area contributed by atoms with Gasteiger partial charge in [-0.1, -0.05) is 11.8 Å². The van der Waals surface area contributed by atoms with Gasteiger partial charge in [0.25, 0.3) is 5.56 Å². The molecule has 2 heterocycles. The first kappa shape index (κ1) is 18.2. The van der Waals surface area contributed by atoms with Crippen molar-refractivity contribution in [3.8, 4) is 0 Å². The molecule has 0 aliphatic carbocycles. The summed E-state index contributed by atoms with van der Waals surface area (Å²) in [5.41, 5.74) is 1.16. The van der Waals surface area contributed by atoms with Gasteiger partial charge in [0, 0.05) is 17.9 Å². The van der Waals surface area contributed by atoms with Crippen molar-refractivity contribution in [2.75, 3.05) is 11.6 Å². The minimum absolute atomic E-state index is 0.121. The lowest BCUT2D eigenvalue weighted by molar-refractivity contribution is -0.114. The van der Waals surface area contributed by atoms with E-state index in [9.17, 15) is 14.4 Å². The quantitative estimate of drug-likeness (QED) is 0.478. The predicted octanol–water partition coefficient (Wildman–Crippen LogP) is 2.49. The molecule has 9 heteroatoms. The lowest BCUT2D eigenvalue weighted by Crippen LogP contribution is -2.14. The molecule has 24 heavy (non-hydrogen) atoms. The second kappa shape index (κ2) is 7.63. The SMILES string of the molecule is CSc1nc(COC(=O)c2c(NC(C)=O)sc(C)c2C)cc(=O)[nH]1. The van der Waals surface area contributed by atoms with E-state index in [1.54, 1.807) is 13.2 Å². The molecule has 0 unspecified atom stereocenters. The van der Waals surface area contributed by atoms with Crippen molar-refractivity contribution in [2.24, 2.45) is 0 Å². The van der Waals surface area contributed by atoms with Gasteiger partial charge >= 0.3 is 5.97 Å². The maximum absolute atomic E-state index is 12.4. The van der Waals surface area contributed by atoms with Crippen molar-refractivity contribution in [1.29, 1.82) is 0 Å². The van der Waals surface area contributed by atoms with Gasteiger partial charge in [0.15, 0.2) is 5.16 Å². The maximum Gasteiger partial charge on any atom is 0.341 e. The van der Waals surface area contributed by atoms with Crippen molar-refractivity contribution in [3.05, 3.63) is 38.1 Å². The number of aromatic amines is 1. The second-order valence-electron chi connectivity index (χ2n) is 4.99. The Hall–Kier alpha value is -2.13. The van der Waals surface area contributed by atoms with E-state index in [-0.39, 0.29) is 18.1 Å². The minimum atomic E-state index is -0.562. The van der Waals surface area contributed by atoms with Crippen LogP contribution in [0.2, 0.25) is 0 Å². The second-order valence-corrected chi connectivity index (χ2v) is 7.01. The fourth-order valence-electron chi connectivity index (χ4n) is 1.99. The topological polar surface area (TPSA) is 101 Å². The molecule has 2 aromatic heterocycles. The van der Waals surface area contributed by atoms with Crippen LogP contribution in [0.4, 0.5) is 5.00 Å². The molecule has 0 aliphatic heterocycles. The molecule has 128 valence electrons. The van der Waals surface area contributed by atoms with Gasteiger partial charge in [-0.2, -0.15) is 0 Å². The number of thiophene rings is 1. The van der Waals surface area contributed by atoms with E-state index < -0.39 is 5.97 Å². The summed E-state index contributed by atoms with van der Waals surface area (Å²) in [6.45, 7) is 4.92. The van der Waals surface area contributed by atoms with Crippen molar-refractivity contribution >= 4 is 40.0 Å². The number of carbonyl (C=O) groups is 2. The van der Waals surface area contributed by atoms with Crippen molar-refractivity contribution in [1.82, 2.24) is 9.97 Å². The van der Waals surface area contributed by atoms with Crippen molar-refractivity contribution in [3.63, 3.8) is 0 Å². The van der Waals surface area contributed by atoms with Crippen LogP contribution < -0.4 is 10.9 Å². The molecule has 0 radical (unpaired) electrons. The number of hydrogen-bond donors (Lipinski definition) is 2. The Bertz CT molecular complexity index is 842. The summed E-state index contributed by atoms with van der Waals surface area (Å²) < 4.78 is 5.28. The summed E-state index contributed by atoms with van der Waals surface area (Å²) in [4.78, 5) is 42.9. The van der Waals surface area contributed by atoms with Gasteiger partial charge in [0.1, 0.15) is 11.6 Å². The van der Waals surface area contributed by atoms with E-state index >= 15 is 0 Å². The molecule has 0 fully saturated rings. The average molecular weight is 367 g/mol. The van der Waals surface area contributed by atoms with Crippen LogP contribution in [0.3, 0.4) is 0 Å². The molecule has 2 aromatic rings. The molecule has 0 saturated heterocycles. The molecule has 0 saturated carbocycles. The number of rotatable bonds is 5. The van der Waals surface area contributed by atoms with Crippen LogP contribution in [0.5, 0.6) is 0 Å². The van der Waals surface area contributed by atoms with Crippen LogP contribution in [-0.4, -0.2) is 28.1 Å². The largest absolute Gasteiger partial charge is 0.455 e. The number of thioether (sulfide) groups is 1. The number of H-pyrrole nitrogens is 1. The Morgan fingerprint density at radius 3 is 2.75 bits per heavy atom. The van der Waals surface area contributed by atoms with Crippen LogP contribution >= 0.6 is 23.1 Å². The zero-order valence-electron chi connectivity index (χ0n) is 13.7. The van der Waals surface area contributed by atoms with Gasteiger partial charge in [-0.05, 0) is 25.7 Å². The summed E-state index contributed by atoms with van der Waals surface area (Å²) in [6, 6.07) is 1.29. The van der Waals surface area contributed by atoms with Crippen LogP contribution in [-0.2, 0) is 16.1 Å². The molecule has 7 nitrogen and oxygen atoms in total. The van der Waals surface area contributed by atoms with Gasteiger partial charge in [-0.3, -0.25) is 9.59 Å². The third-order valence-corrected chi connectivity index (χ3v) is 4.90. The Balaban J connectivity index is 2.20. The van der Waals surface area contributed by atoms with Crippen LogP contribution in [0, 0.1) is 13.8 Å². The first-order valence-electron chi connectivity index (χ1n) is 7.00. The van der Waals surface area contributed by atoms with E-state index in [0.29, 0.717) is 21.4 Å². The summed E-state index contributed by atoms with van der Waals surface area (Å²) in [6.07, 6.45) is 1.78. The summed E-state index contributed by atoms with van der Waals surface area (Å²) in [5, 5.41) is 3.56. The zero-order valence-corrected chi connectivity index (χ0v) is 15.3. The average Bonchev–Trinajstić information content (AvgIpc) is 2.78. The normalized spacial score (nSPS) is 10.5. The fraction of sp³-hybridized carbons (Fsp3) is 0.333. The summed E-state index contributed by atoms with van der Waals surface area (Å²) >= 11 is 2.61. The van der Waals surface area contributed by atoms with Gasteiger partial charge in [-0.15, -0.1) is 11.3 Å². The monoisotopic (exact) mass is 367 g/mol. The van der Waals surface area contributed by atoms with E-state index in [2.05, 4.69) is 15.3 Å². The molecule has 0 aliphatic rings. The number of amides is 1. The van der Waals surface area contributed by atoms with Gasteiger partial charge in [0.05, 0.1) is 11.3 Å². The zero-order chi connectivity index (χ0) is 17.9. The molecule has 0 spiro atoms. The number of nitrogens with one attached hydrogen (secondary N) is 2. The lowest BCUT2D eigenvalue weighted by atomic mass is 10.1. The lowest BCUT2D eigenvalue weighted by Gasteiger charge is -2.07. The Kier molecular flexibility index (Phi) is 5.79. The standard InChI is InChI=1S/C15H17N3O4S2/c1-7-8(2)24-13(16-9(3)19)12(7)14(21)22-6-10-5-11(20)18-15(17-10)23-4/h5H,6H2,1-4H3,(H,16,19)(H,17,18,20). The fourth-order valence-corrected chi connectivity index (χ4v) is 3.49. The molecule has 0 aromatic carbocycles. The minimum Gasteiger partial charge on any atom is -0.455 e. The number of hydrogen-bond acceptors (Lipinski definition) is 7. The van der Waals surface area contributed by atoms with Crippen molar-refractivity contribution < 1.29 is 14.3 Å². The Morgan fingerprint density at radius 2 is 2.12 bits per heavy atom. The number of ether oxygens (including phenoxy) is 1. The highest BCUT2D eigenvalue weighted by Gasteiger charge is 2.22. The van der Waals surface area contributed by atoms with Gasteiger partial charge in [-0.25, -0.2) is 9.78 Å². The number of carbonyl (C=O) groups excluding carboxylic acids is 2. The van der Waals surface area contributed by atoms with Crippen LogP contribution in [0.15, 0.2) is 16.0 Å². The Labute approximate surface area is 146 Å². The third kappa shape index (κ3) is 4.24. The van der Waals surface area contributed by atoms with Crippen molar-refractivity contribution in [2.45, 2.75) is 32.5 Å². The first-order chi connectivity index (χ1) is 11.3. The number of anilines is 1. The maximum atomic E-state index is 12.4. The Morgan fingerprint density at radius 1 is 1.42 bits per heavy atom. The van der Waals surface area contributed by atoms with Crippen LogP contribution in [0.25, 0.3) is 0 Å². The summed E-state index contributed by atoms with van der Waals surface area (Å²) in [7, 11) is 0. The van der Waals surface area contributed by atoms with E-state index in [0.717, 1.165) is 10.4 Å². The van der Waals surface area contributed by atoms with E-state index in [1.165, 1.54) is 36.1 Å². The number of aromatic nitrogens is 2. The molecule has 1 amide bonds. The van der Waals surface area contributed by atoms with E-state index in [1.807, 2.05) is 6.92 Å². The first-order valence-corrected chi connectivity index (χ1v) is 9.05. The van der Waals surface area contributed by atoms with Crippen LogP contribution in [0.1, 0.15) is 33.4 Å². The van der Waals surface area contributed by atoms with Gasteiger partial charge in [0.2, 0.25) is 5.91 Å². The van der Waals surface area contributed by atoms with E-state index in [4.69, 9.17) is 4.74 Å². The number of nitrogens with zero attached hydrogens (tertiary/aromatic N) is 1. The summed E-state index contributed by atoms with van der Waals surface area (Å²) in [5.74, 6) is -0.820. The smallest absolute Gasteiger partial charge is 0.341 e. The highest BCUT2D eigenvalue weighted by molar-refractivity contribution is 7.98. The molecule has 0 atom stereocenters. The number of aryl methyl sites for hydroxylation is 1. The van der Waals surface area contributed by atoms with Gasteiger partial charge < -0.3 is 15.0 Å². The molecular formula is C15H17N3O4S2. The predicted molar refractivity (Wildman–Crippen MR) is 93.9 cm³/mol. The molecule has 0 bridgehead atoms. The molecular weight excluding hydrogens is 350 g/mol. The number of esters is 1.